The van der Waals surface area contributed by atoms with Crippen LogP contribution < -0.4 is 0 Å². The van der Waals surface area contributed by atoms with Gasteiger partial charge in [0.25, 0.3) is 0 Å². The topological polar surface area (TPSA) is 661 Å². The summed E-state index contributed by atoms with van der Waals surface area (Å²) in [6.07, 6.45) is -11.4. The minimum atomic E-state index is -2.74. The first-order chi connectivity index (χ1) is 28.9. The molecule has 38 heteroatoms. The molecule has 20 N–H and O–H groups in total. The van der Waals surface area contributed by atoms with Crippen LogP contribution in [0, 0.1) is 0 Å². The van der Waals surface area contributed by atoms with Crippen LogP contribution >= 0.6 is 0 Å². The van der Waals surface area contributed by atoms with Crippen LogP contribution in [0.25, 0.3) is 0 Å². The van der Waals surface area contributed by atoms with Crippen LogP contribution in [0.5, 0.6) is 0 Å². The second-order valence-electron chi connectivity index (χ2n) is 12.4. The first-order valence-electron chi connectivity index (χ1n) is 15.9. The maximum absolute atomic E-state index is 10.3. The third-order valence-corrected chi connectivity index (χ3v) is 6.43. The molecule has 0 amide bonds. The molecule has 0 spiro atoms. The Balaban J connectivity index is -0.000000109. The summed E-state index contributed by atoms with van der Waals surface area (Å²) in [5, 5.41) is 169. The largest absolute Gasteiger partial charge is 0.481 e. The van der Waals surface area contributed by atoms with Gasteiger partial charge in [0.1, 0.15) is 0 Å². The maximum Gasteiger partial charge on any atom is 0.336 e. The number of carboxylic acids is 15. The van der Waals surface area contributed by atoms with Crippen molar-refractivity contribution < 1.29 is 241 Å². The van der Waals surface area contributed by atoms with Crippen molar-refractivity contribution in [3.05, 3.63) is 0 Å². The van der Waals surface area contributed by atoms with Crippen molar-refractivity contribution in [2.75, 3.05) is 0 Å². The zero-order valence-electron chi connectivity index (χ0n) is 33.5. The van der Waals surface area contributed by atoms with Crippen molar-refractivity contribution in [2.24, 2.45) is 0 Å². The summed E-state index contributed by atoms with van der Waals surface area (Å²) in [4.78, 5) is 152. The number of hydrogen-bond donors (Lipinski definition) is 20. The fraction of sp³-hybridized carbons (Fsp3) is 0.500. The van der Waals surface area contributed by atoms with Crippen LogP contribution in [0.15, 0.2) is 0 Å². The van der Waals surface area contributed by atoms with Gasteiger partial charge >= 0.3 is 89.5 Å². The Bertz CT molecular complexity index is 1460. The van der Waals surface area contributed by atoms with E-state index in [9.17, 15) is 71.9 Å². The van der Waals surface area contributed by atoms with Crippen LogP contribution in [-0.2, 0) is 139 Å². The van der Waals surface area contributed by atoms with Gasteiger partial charge in [-0.25, -0.2) is 24.0 Å². The summed E-state index contributed by atoms with van der Waals surface area (Å²) in [7, 11) is 0. The van der Waals surface area contributed by atoms with E-state index in [1.54, 1.807) is 0 Å². The van der Waals surface area contributed by atoms with E-state index in [1.165, 1.54) is 0 Å². The summed E-state index contributed by atoms with van der Waals surface area (Å²) in [6.45, 7) is 0. The Kier molecular flexibility index (Phi) is 41.0. The zero-order valence-corrected chi connectivity index (χ0v) is 43.1. The molecule has 0 aromatic carbocycles. The molecule has 0 aliphatic heterocycles. The molecule has 0 unspecified atom stereocenters. The molecule has 0 fully saturated rings. The average molecular weight is 1500 g/mol. The average Bonchev–Trinajstić information content (AvgIpc) is 3.01. The molecule has 0 aromatic heterocycles. The van der Waals surface area contributed by atoms with Gasteiger partial charge in [-0.15, -0.1) is 0 Å². The molecule has 3 radical (unpaired) electrons. The van der Waals surface area contributed by atoms with E-state index in [4.69, 9.17) is 102 Å². The number of carboxylic acid groups (broad SMARTS) is 15. The monoisotopic (exact) mass is 1500 g/mol. The Morgan fingerprint density at radius 3 is 0.279 bits per heavy atom. The standard InChI is InChI=1S/5C6H8O7.3Ta/c5*7-3(8)1-6(13,5(11)12)2-4(9)10;;;/h5*13H,1-2H2,(H,7,8)(H,9,10)(H,11,12);;;. The van der Waals surface area contributed by atoms with Crippen molar-refractivity contribution in [3.63, 3.8) is 0 Å². The maximum atomic E-state index is 10.3. The van der Waals surface area contributed by atoms with Gasteiger partial charge in [0.2, 0.25) is 0 Å². The molecule has 0 saturated heterocycles. The SMILES string of the molecule is O=C(O)CC(O)(CC(=O)O)C(=O)O.O=C(O)CC(O)(CC(=O)O)C(=O)O.O=C(O)CC(O)(CC(=O)O)C(=O)O.O=C(O)CC(O)(CC(=O)O)C(=O)O.O=C(O)CC(O)(CC(=O)O)C(=O)O.[Ta].[Ta].[Ta]. The molecule has 0 aromatic rings. The van der Waals surface area contributed by atoms with Crippen molar-refractivity contribution in [1.29, 1.82) is 0 Å². The Morgan fingerprint density at radius 1 is 0.191 bits per heavy atom. The van der Waals surface area contributed by atoms with Crippen LogP contribution in [-0.4, -0.2) is 220 Å². The minimum absolute atomic E-state index is 0. The van der Waals surface area contributed by atoms with Gasteiger partial charge in [-0.05, 0) is 0 Å². The van der Waals surface area contributed by atoms with Gasteiger partial charge in [0, 0.05) is 67.1 Å². The van der Waals surface area contributed by atoms with E-state index in [2.05, 4.69) is 0 Å². The van der Waals surface area contributed by atoms with Crippen molar-refractivity contribution >= 4 is 89.5 Å². The van der Waals surface area contributed by atoms with E-state index in [-0.39, 0.29) is 67.1 Å². The van der Waals surface area contributed by atoms with E-state index in [0.29, 0.717) is 0 Å². The molecule has 0 atom stereocenters. The van der Waals surface area contributed by atoms with Gasteiger partial charge in [0.05, 0.1) is 64.2 Å². The minimum Gasteiger partial charge on any atom is -0.481 e. The van der Waals surface area contributed by atoms with Gasteiger partial charge in [-0.2, -0.15) is 0 Å². The molecule has 0 saturated carbocycles. The first kappa shape index (κ1) is 79.2. The third-order valence-electron chi connectivity index (χ3n) is 6.43. The normalized spacial score (nSPS) is 10.4. The summed E-state index contributed by atoms with van der Waals surface area (Å²) in [5.41, 5.74) is -13.7. The molecule has 0 aliphatic rings. The van der Waals surface area contributed by atoms with Crippen LogP contribution in [0.3, 0.4) is 0 Å². The number of hydrogen-bond acceptors (Lipinski definition) is 20. The summed E-state index contributed by atoms with van der Waals surface area (Å²) >= 11 is 0. The number of aliphatic hydroxyl groups is 5. The Hall–Kier alpha value is -5.93. The smallest absolute Gasteiger partial charge is 0.336 e. The van der Waals surface area contributed by atoms with Gasteiger partial charge < -0.3 is 102 Å². The number of rotatable bonds is 25. The van der Waals surface area contributed by atoms with Crippen LogP contribution in [0.2, 0.25) is 0 Å². The van der Waals surface area contributed by atoms with Crippen LogP contribution in [0.4, 0.5) is 0 Å². The van der Waals surface area contributed by atoms with Crippen LogP contribution in [0.1, 0.15) is 64.2 Å². The summed E-state index contributed by atoms with van der Waals surface area (Å²) < 4.78 is 0. The van der Waals surface area contributed by atoms with Gasteiger partial charge in [-0.3, -0.25) is 47.9 Å². The first-order valence-corrected chi connectivity index (χ1v) is 15.9. The zero-order chi connectivity index (χ0) is 53.2. The molecule has 0 heterocycles. The fourth-order valence-electron chi connectivity index (χ4n) is 3.57. The molecular formula is C30H40O35Ta3. The predicted octanol–water partition coefficient (Wildman–Crippen LogP) is -6.25. The second kappa shape index (κ2) is 35.2. The molecule has 35 nitrogen and oxygen atoms in total. The second-order valence-corrected chi connectivity index (χ2v) is 12.4. The van der Waals surface area contributed by atoms with E-state index in [1.807, 2.05) is 0 Å². The number of carbonyl (C=O) groups is 15. The molecule has 0 bridgehead atoms. The van der Waals surface area contributed by atoms with E-state index in [0.717, 1.165) is 0 Å². The molecule has 0 rings (SSSR count). The van der Waals surface area contributed by atoms with Crippen molar-refractivity contribution in [2.45, 2.75) is 92.2 Å². The van der Waals surface area contributed by atoms with Crippen molar-refractivity contribution in [1.82, 2.24) is 0 Å². The van der Waals surface area contributed by atoms with Crippen molar-refractivity contribution in [3.8, 4) is 0 Å². The van der Waals surface area contributed by atoms with E-state index >= 15 is 0 Å². The summed E-state index contributed by atoms with van der Waals surface area (Å²) in [5.74, 6) is -25.1. The Morgan fingerprint density at radius 2 is 0.250 bits per heavy atom. The van der Waals surface area contributed by atoms with Gasteiger partial charge in [-0.1, -0.05) is 0 Å². The number of aliphatic carboxylic acids is 15. The predicted molar refractivity (Wildman–Crippen MR) is 185 cm³/mol. The molecule has 385 valence electrons. The van der Waals surface area contributed by atoms with Gasteiger partial charge in [0.15, 0.2) is 28.0 Å². The quantitative estimate of drug-likeness (QED) is 0.0404. The Labute approximate surface area is 421 Å². The fourth-order valence-corrected chi connectivity index (χ4v) is 3.57. The van der Waals surface area contributed by atoms with E-state index < -0.39 is 182 Å². The summed E-state index contributed by atoms with van der Waals surface area (Å²) in [6, 6.07) is 0. The third kappa shape index (κ3) is 38.2. The molecule has 68 heavy (non-hydrogen) atoms. The molecule has 0 aliphatic carbocycles. The molecular weight excluding hydrogens is 1460 g/mol.